The van der Waals surface area contributed by atoms with E-state index in [0.29, 0.717) is 6.54 Å². The maximum atomic E-state index is 9.15. The van der Waals surface area contributed by atoms with E-state index < -0.39 is 5.41 Å². The number of aliphatic hydroxyl groups is 2. The highest BCUT2D eigenvalue weighted by Crippen LogP contribution is 2.17. The third-order valence-corrected chi connectivity index (χ3v) is 2.89. The second-order valence-corrected chi connectivity index (χ2v) is 5.05. The van der Waals surface area contributed by atoms with Crippen LogP contribution in [-0.4, -0.2) is 51.5 Å². The van der Waals surface area contributed by atoms with E-state index in [1.807, 2.05) is 18.9 Å². The highest BCUT2D eigenvalue weighted by Gasteiger charge is 2.24. The smallest absolute Gasteiger partial charge is 0.0666 e. The topological polar surface area (TPSA) is 69.5 Å². The van der Waals surface area contributed by atoms with Gasteiger partial charge in [0.25, 0.3) is 0 Å². The summed E-state index contributed by atoms with van der Waals surface area (Å²) >= 11 is 1.36. The van der Waals surface area contributed by atoms with Crippen molar-refractivity contribution in [1.29, 1.82) is 0 Å². The van der Waals surface area contributed by atoms with Crippen molar-refractivity contribution in [3.8, 4) is 0 Å². The van der Waals surface area contributed by atoms with E-state index in [4.69, 9.17) is 10.2 Å². The molecule has 5 nitrogen and oxygen atoms in total. The Hall–Kier alpha value is -0.560. The summed E-state index contributed by atoms with van der Waals surface area (Å²) in [6.07, 6.45) is 1.73. The molecule has 0 radical (unpaired) electrons. The predicted molar refractivity (Wildman–Crippen MR) is 58.5 cm³/mol. The Balaban J connectivity index is 2.44. The van der Waals surface area contributed by atoms with Crippen molar-refractivity contribution in [3.63, 3.8) is 0 Å². The van der Waals surface area contributed by atoms with Gasteiger partial charge >= 0.3 is 0 Å². The molecular formula is C9H17N3O2S. The molecule has 0 aliphatic rings. The van der Waals surface area contributed by atoms with E-state index in [0.717, 1.165) is 11.4 Å². The number of aliphatic hydroxyl groups excluding tert-OH is 2. The lowest BCUT2D eigenvalue weighted by Gasteiger charge is -2.29. The van der Waals surface area contributed by atoms with Gasteiger partial charge < -0.3 is 15.1 Å². The molecule has 15 heavy (non-hydrogen) atoms. The molecule has 0 saturated carbocycles. The fraction of sp³-hybridized carbons (Fsp3) is 0.778. The number of nitrogens with zero attached hydrogens (tertiary/aromatic N) is 3. The Morgan fingerprint density at radius 2 is 2.13 bits per heavy atom. The van der Waals surface area contributed by atoms with E-state index in [9.17, 15) is 0 Å². The molecule has 0 fully saturated rings. The fourth-order valence-corrected chi connectivity index (χ4v) is 1.95. The summed E-state index contributed by atoms with van der Waals surface area (Å²) < 4.78 is 3.78. The van der Waals surface area contributed by atoms with Crippen molar-refractivity contribution in [3.05, 3.63) is 11.1 Å². The summed E-state index contributed by atoms with van der Waals surface area (Å²) in [5, 5.41) is 22.1. The van der Waals surface area contributed by atoms with Crippen molar-refractivity contribution < 1.29 is 10.2 Å². The van der Waals surface area contributed by atoms with Crippen LogP contribution in [-0.2, 0) is 6.54 Å². The zero-order valence-electron chi connectivity index (χ0n) is 9.05. The van der Waals surface area contributed by atoms with Crippen LogP contribution in [0, 0.1) is 5.41 Å². The first-order valence-electron chi connectivity index (χ1n) is 4.76. The third kappa shape index (κ3) is 3.83. The minimum Gasteiger partial charge on any atom is -0.396 e. The SMILES string of the molecule is CN(Cc1cnns1)CC(C)(CO)CO. The molecule has 0 unspecified atom stereocenters. The van der Waals surface area contributed by atoms with E-state index in [1.165, 1.54) is 11.5 Å². The van der Waals surface area contributed by atoms with E-state index in [2.05, 4.69) is 9.59 Å². The van der Waals surface area contributed by atoms with Gasteiger partial charge in [0, 0.05) is 18.5 Å². The Labute approximate surface area is 93.5 Å². The van der Waals surface area contributed by atoms with E-state index >= 15 is 0 Å². The molecular weight excluding hydrogens is 214 g/mol. The van der Waals surface area contributed by atoms with Gasteiger partial charge in [-0.05, 0) is 18.6 Å². The van der Waals surface area contributed by atoms with Gasteiger partial charge in [-0.15, -0.1) is 5.10 Å². The van der Waals surface area contributed by atoms with E-state index in [-0.39, 0.29) is 13.2 Å². The molecule has 0 amide bonds. The first-order valence-corrected chi connectivity index (χ1v) is 5.53. The van der Waals surface area contributed by atoms with Crippen molar-refractivity contribution in [2.45, 2.75) is 13.5 Å². The van der Waals surface area contributed by atoms with Crippen LogP contribution in [0.25, 0.3) is 0 Å². The molecule has 0 bridgehead atoms. The van der Waals surface area contributed by atoms with Crippen LogP contribution in [0.4, 0.5) is 0 Å². The van der Waals surface area contributed by atoms with Crippen molar-refractivity contribution in [1.82, 2.24) is 14.5 Å². The van der Waals surface area contributed by atoms with Crippen LogP contribution in [0.5, 0.6) is 0 Å². The molecule has 0 aliphatic carbocycles. The summed E-state index contributed by atoms with van der Waals surface area (Å²) in [7, 11) is 1.95. The lowest BCUT2D eigenvalue weighted by molar-refractivity contribution is 0.0404. The van der Waals surface area contributed by atoms with Crippen LogP contribution >= 0.6 is 11.5 Å². The highest BCUT2D eigenvalue weighted by molar-refractivity contribution is 7.05. The molecule has 6 heteroatoms. The first kappa shape index (κ1) is 12.5. The van der Waals surface area contributed by atoms with Gasteiger partial charge in [-0.2, -0.15) is 0 Å². The highest BCUT2D eigenvalue weighted by atomic mass is 32.1. The van der Waals surface area contributed by atoms with Crippen molar-refractivity contribution >= 4 is 11.5 Å². The lowest BCUT2D eigenvalue weighted by Crippen LogP contribution is -2.38. The monoisotopic (exact) mass is 231 g/mol. The Morgan fingerprint density at radius 3 is 2.60 bits per heavy atom. The predicted octanol–water partition coefficient (Wildman–Crippen LogP) is -0.0392. The standard InChI is InChI=1S/C9H17N3O2S/c1-9(6-13,7-14)5-12(2)4-8-3-10-11-15-8/h3,13-14H,4-7H2,1-2H3. The van der Waals surface area contributed by atoms with Gasteiger partial charge in [-0.25, -0.2) is 0 Å². The summed E-state index contributed by atoms with van der Waals surface area (Å²) in [6.45, 7) is 3.20. The quantitative estimate of drug-likeness (QED) is 0.719. The van der Waals surface area contributed by atoms with Gasteiger partial charge in [0.15, 0.2) is 0 Å². The van der Waals surface area contributed by atoms with Crippen molar-refractivity contribution in [2.24, 2.45) is 5.41 Å². The summed E-state index contributed by atoms with van der Waals surface area (Å²) in [5.41, 5.74) is -0.452. The van der Waals surface area contributed by atoms with Gasteiger partial charge in [-0.1, -0.05) is 11.4 Å². The Morgan fingerprint density at radius 1 is 1.47 bits per heavy atom. The zero-order chi connectivity index (χ0) is 11.3. The minimum atomic E-state index is -0.452. The number of hydrogen-bond donors (Lipinski definition) is 2. The van der Waals surface area contributed by atoms with Gasteiger partial charge in [0.2, 0.25) is 0 Å². The molecule has 0 spiro atoms. The van der Waals surface area contributed by atoms with Crippen molar-refractivity contribution in [2.75, 3.05) is 26.8 Å². The zero-order valence-corrected chi connectivity index (χ0v) is 9.87. The van der Waals surface area contributed by atoms with Gasteiger partial charge in [-0.3, -0.25) is 0 Å². The molecule has 0 aliphatic heterocycles. The van der Waals surface area contributed by atoms with Crippen LogP contribution < -0.4 is 0 Å². The third-order valence-electron chi connectivity index (χ3n) is 2.25. The summed E-state index contributed by atoms with van der Waals surface area (Å²) in [4.78, 5) is 3.12. The molecule has 1 aromatic heterocycles. The minimum absolute atomic E-state index is 0.0191. The van der Waals surface area contributed by atoms with Crippen LogP contribution in [0.15, 0.2) is 6.20 Å². The molecule has 1 heterocycles. The Bertz CT molecular complexity index is 275. The van der Waals surface area contributed by atoms with E-state index in [1.54, 1.807) is 6.20 Å². The molecule has 0 saturated heterocycles. The molecule has 1 aromatic rings. The maximum Gasteiger partial charge on any atom is 0.0666 e. The van der Waals surface area contributed by atoms with Gasteiger partial charge in [0.05, 0.1) is 24.3 Å². The average molecular weight is 231 g/mol. The number of hydrogen-bond acceptors (Lipinski definition) is 6. The first-order chi connectivity index (χ1) is 7.09. The maximum absolute atomic E-state index is 9.15. The second kappa shape index (κ2) is 5.50. The van der Waals surface area contributed by atoms with Crippen LogP contribution in [0.1, 0.15) is 11.8 Å². The second-order valence-electron chi connectivity index (χ2n) is 4.18. The fourth-order valence-electron chi connectivity index (χ4n) is 1.38. The summed E-state index contributed by atoms with van der Waals surface area (Å²) in [6, 6.07) is 0. The normalized spacial score (nSPS) is 12.3. The average Bonchev–Trinajstić information content (AvgIpc) is 2.70. The molecule has 86 valence electrons. The number of rotatable bonds is 6. The summed E-state index contributed by atoms with van der Waals surface area (Å²) in [5.74, 6) is 0. The Kier molecular flexibility index (Phi) is 4.59. The van der Waals surface area contributed by atoms with Gasteiger partial charge in [0.1, 0.15) is 0 Å². The molecule has 2 N–H and O–H groups in total. The molecule has 0 atom stereocenters. The largest absolute Gasteiger partial charge is 0.396 e. The molecule has 0 aromatic carbocycles. The molecule has 1 rings (SSSR count). The van der Waals surface area contributed by atoms with Crippen LogP contribution in [0.2, 0.25) is 0 Å². The lowest BCUT2D eigenvalue weighted by atomic mass is 9.92. The van der Waals surface area contributed by atoms with Crippen LogP contribution in [0.3, 0.4) is 0 Å². The number of aromatic nitrogens is 2.